The average Bonchev–Trinajstić information content (AvgIpc) is 2.98. The monoisotopic (exact) mass is 326 g/mol. The largest absolute Gasteiger partial charge is 0.496 e. The van der Waals surface area contributed by atoms with E-state index in [0.717, 1.165) is 24.9 Å². The van der Waals surface area contributed by atoms with Gasteiger partial charge in [-0.2, -0.15) is 0 Å². The molecule has 0 aromatic heterocycles. The lowest BCUT2D eigenvalue weighted by atomic mass is 10.0. The molecule has 0 saturated carbocycles. The van der Waals surface area contributed by atoms with Gasteiger partial charge in [0.2, 0.25) is 5.91 Å². The van der Waals surface area contributed by atoms with Gasteiger partial charge in [0.15, 0.2) is 5.78 Å². The molecule has 2 rings (SSSR count). The minimum atomic E-state index is -0.0531. The van der Waals surface area contributed by atoms with Crippen LogP contribution >= 0.6 is 12.4 Å². The van der Waals surface area contributed by atoms with E-state index in [1.54, 1.807) is 25.3 Å². The van der Waals surface area contributed by atoms with Crippen LogP contribution in [0.2, 0.25) is 0 Å². The molecule has 0 aliphatic carbocycles. The van der Waals surface area contributed by atoms with Crippen molar-refractivity contribution in [1.29, 1.82) is 0 Å². The van der Waals surface area contributed by atoms with Crippen molar-refractivity contribution < 1.29 is 14.3 Å². The second kappa shape index (κ2) is 8.76. The first-order chi connectivity index (χ1) is 10.1. The van der Waals surface area contributed by atoms with E-state index < -0.39 is 0 Å². The zero-order chi connectivity index (χ0) is 15.2. The average molecular weight is 327 g/mol. The molecular weight excluding hydrogens is 304 g/mol. The van der Waals surface area contributed by atoms with Gasteiger partial charge in [-0.1, -0.05) is 0 Å². The van der Waals surface area contributed by atoms with Crippen LogP contribution in [0.1, 0.15) is 35.7 Å². The van der Waals surface area contributed by atoms with Crippen molar-refractivity contribution in [3.05, 3.63) is 29.3 Å². The van der Waals surface area contributed by atoms with Crippen LogP contribution in [-0.4, -0.2) is 37.9 Å². The first-order valence-electron chi connectivity index (χ1n) is 7.28. The van der Waals surface area contributed by atoms with Crippen LogP contribution in [-0.2, 0) is 11.2 Å². The third-order valence-corrected chi connectivity index (χ3v) is 3.75. The maximum absolute atomic E-state index is 12.0. The Hall–Kier alpha value is -1.59. The van der Waals surface area contributed by atoms with E-state index in [4.69, 9.17) is 4.74 Å². The number of rotatable bonds is 6. The first-order valence-corrected chi connectivity index (χ1v) is 7.28. The van der Waals surface area contributed by atoms with Gasteiger partial charge in [0, 0.05) is 23.7 Å². The van der Waals surface area contributed by atoms with Crippen molar-refractivity contribution in [2.45, 2.75) is 32.2 Å². The normalized spacial score (nSPS) is 16.7. The zero-order valence-electron chi connectivity index (χ0n) is 13.0. The number of hydrogen-bond donors (Lipinski definition) is 2. The molecule has 122 valence electrons. The molecular formula is C16H23ClN2O3. The summed E-state index contributed by atoms with van der Waals surface area (Å²) < 4.78 is 5.26. The summed E-state index contributed by atoms with van der Waals surface area (Å²) in [6.45, 7) is 3.18. The Labute approximate surface area is 137 Å². The number of nitrogens with one attached hydrogen (secondary N) is 2. The summed E-state index contributed by atoms with van der Waals surface area (Å²) in [5, 5.41) is 6.27. The number of halogens is 1. The van der Waals surface area contributed by atoms with Crippen molar-refractivity contribution in [2.24, 2.45) is 0 Å². The summed E-state index contributed by atoms with van der Waals surface area (Å²) in [7, 11) is 1.56. The summed E-state index contributed by atoms with van der Waals surface area (Å²) >= 11 is 0. The summed E-state index contributed by atoms with van der Waals surface area (Å²) in [6.07, 6.45) is 2.48. The highest BCUT2D eigenvalue weighted by molar-refractivity contribution is 5.94. The molecule has 0 bridgehead atoms. The van der Waals surface area contributed by atoms with Crippen LogP contribution in [0, 0.1) is 0 Å². The molecule has 1 aliphatic heterocycles. The second-order valence-electron chi connectivity index (χ2n) is 5.36. The van der Waals surface area contributed by atoms with E-state index in [-0.39, 0.29) is 30.5 Å². The van der Waals surface area contributed by atoms with E-state index >= 15 is 0 Å². The van der Waals surface area contributed by atoms with Crippen molar-refractivity contribution in [1.82, 2.24) is 10.6 Å². The SMILES string of the molecule is COc1ccc(C(C)=O)cc1CC(=O)NCC1CCCN1.Cl. The Morgan fingerprint density at radius 2 is 2.18 bits per heavy atom. The molecule has 1 aromatic carbocycles. The molecule has 1 unspecified atom stereocenters. The fourth-order valence-electron chi connectivity index (χ4n) is 2.54. The summed E-state index contributed by atoms with van der Waals surface area (Å²) in [5.41, 5.74) is 1.33. The van der Waals surface area contributed by atoms with Crippen LogP contribution in [0.5, 0.6) is 5.75 Å². The van der Waals surface area contributed by atoms with Crippen molar-refractivity contribution in [2.75, 3.05) is 20.2 Å². The molecule has 1 aromatic rings. The van der Waals surface area contributed by atoms with Gasteiger partial charge in [-0.3, -0.25) is 9.59 Å². The number of ketones is 1. The number of carbonyl (C=O) groups excluding carboxylic acids is 2. The molecule has 6 heteroatoms. The van der Waals surface area contributed by atoms with Gasteiger partial charge in [-0.25, -0.2) is 0 Å². The summed E-state index contributed by atoms with van der Waals surface area (Å²) in [6, 6.07) is 5.55. The van der Waals surface area contributed by atoms with Crippen LogP contribution in [0.3, 0.4) is 0 Å². The van der Waals surface area contributed by atoms with Crippen molar-refractivity contribution >= 4 is 24.1 Å². The number of carbonyl (C=O) groups is 2. The Balaban J connectivity index is 0.00000242. The van der Waals surface area contributed by atoms with E-state index in [2.05, 4.69) is 10.6 Å². The van der Waals surface area contributed by atoms with Crippen LogP contribution in [0.15, 0.2) is 18.2 Å². The molecule has 1 heterocycles. The second-order valence-corrected chi connectivity index (χ2v) is 5.36. The van der Waals surface area contributed by atoms with Gasteiger partial charge in [0.1, 0.15) is 5.75 Å². The van der Waals surface area contributed by atoms with Gasteiger partial charge in [0.05, 0.1) is 13.5 Å². The third kappa shape index (κ3) is 5.00. The Morgan fingerprint density at radius 3 is 2.77 bits per heavy atom. The van der Waals surface area contributed by atoms with Crippen LogP contribution < -0.4 is 15.4 Å². The highest BCUT2D eigenvalue weighted by Crippen LogP contribution is 2.20. The minimum Gasteiger partial charge on any atom is -0.496 e. The van der Waals surface area contributed by atoms with Gasteiger partial charge in [0.25, 0.3) is 0 Å². The fraction of sp³-hybridized carbons (Fsp3) is 0.500. The van der Waals surface area contributed by atoms with Gasteiger partial charge >= 0.3 is 0 Å². The number of Topliss-reactive ketones (excluding diaryl/α,β-unsaturated/α-hetero) is 1. The number of methoxy groups -OCH3 is 1. The molecule has 1 fully saturated rings. The third-order valence-electron chi connectivity index (χ3n) is 3.75. The quantitative estimate of drug-likeness (QED) is 0.781. The van der Waals surface area contributed by atoms with E-state index in [1.807, 2.05) is 0 Å². The molecule has 1 saturated heterocycles. The molecule has 0 radical (unpaired) electrons. The van der Waals surface area contributed by atoms with E-state index in [1.165, 1.54) is 6.92 Å². The maximum Gasteiger partial charge on any atom is 0.224 e. The number of ether oxygens (including phenoxy) is 1. The number of benzene rings is 1. The zero-order valence-corrected chi connectivity index (χ0v) is 13.8. The highest BCUT2D eigenvalue weighted by atomic mass is 35.5. The lowest BCUT2D eigenvalue weighted by molar-refractivity contribution is -0.120. The van der Waals surface area contributed by atoms with Gasteiger partial charge < -0.3 is 15.4 Å². The molecule has 2 N–H and O–H groups in total. The summed E-state index contributed by atoms with van der Waals surface area (Å²) in [5.74, 6) is 0.561. The highest BCUT2D eigenvalue weighted by Gasteiger charge is 2.16. The molecule has 0 spiro atoms. The van der Waals surface area contributed by atoms with E-state index in [0.29, 0.717) is 23.9 Å². The van der Waals surface area contributed by atoms with E-state index in [9.17, 15) is 9.59 Å². The summed E-state index contributed by atoms with van der Waals surface area (Å²) in [4.78, 5) is 23.5. The smallest absolute Gasteiger partial charge is 0.224 e. The Kier molecular flexibility index (Phi) is 7.35. The van der Waals surface area contributed by atoms with Crippen LogP contribution in [0.4, 0.5) is 0 Å². The lowest BCUT2D eigenvalue weighted by Gasteiger charge is -2.13. The van der Waals surface area contributed by atoms with Crippen LogP contribution in [0.25, 0.3) is 0 Å². The molecule has 22 heavy (non-hydrogen) atoms. The molecule has 1 amide bonds. The minimum absolute atomic E-state index is 0. The maximum atomic E-state index is 12.0. The Morgan fingerprint density at radius 1 is 1.41 bits per heavy atom. The van der Waals surface area contributed by atoms with Crippen molar-refractivity contribution in [3.63, 3.8) is 0 Å². The lowest BCUT2D eigenvalue weighted by Crippen LogP contribution is -2.37. The van der Waals surface area contributed by atoms with Gasteiger partial charge in [-0.15, -0.1) is 12.4 Å². The molecule has 5 nitrogen and oxygen atoms in total. The Bertz CT molecular complexity index is 528. The molecule has 1 aliphatic rings. The van der Waals surface area contributed by atoms with Crippen molar-refractivity contribution in [3.8, 4) is 5.75 Å². The predicted octanol–water partition coefficient (Wildman–Crippen LogP) is 1.73. The first kappa shape index (κ1) is 18.5. The molecule has 1 atom stereocenters. The standard InChI is InChI=1S/C16H22N2O3.ClH/c1-11(19)12-5-6-15(21-2)13(8-12)9-16(20)18-10-14-4-3-7-17-14;/h5-6,8,14,17H,3-4,7,9-10H2,1-2H3,(H,18,20);1H. The number of amides is 1. The number of hydrogen-bond acceptors (Lipinski definition) is 4. The fourth-order valence-corrected chi connectivity index (χ4v) is 2.54. The topological polar surface area (TPSA) is 67.4 Å². The predicted molar refractivity (Wildman–Crippen MR) is 88.0 cm³/mol. The van der Waals surface area contributed by atoms with Gasteiger partial charge in [-0.05, 0) is 44.5 Å².